The van der Waals surface area contributed by atoms with E-state index in [-0.39, 0.29) is 23.6 Å². The van der Waals surface area contributed by atoms with E-state index in [9.17, 15) is 22.8 Å². The molecule has 1 aromatic heterocycles. The van der Waals surface area contributed by atoms with Crippen LogP contribution in [0, 0.1) is 0 Å². The van der Waals surface area contributed by atoms with Gasteiger partial charge in [-0.25, -0.2) is 4.98 Å². The van der Waals surface area contributed by atoms with Gasteiger partial charge in [-0.1, -0.05) is 12.1 Å². The third kappa shape index (κ3) is 5.28. The predicted molar refractivity (Wildman–Crippen MR) is 87.8 cm³/mol. The Morgan fingerprint density at radius 2 is 1.73 bits per heavy atom. The topological polar surface area (TPSA) is 80.3 Å². The molecule has 9 heteroatoms. The summed E-state index contributed by atoms with van der Waals surface area (Å²) in [6.45, 7) is 0.596. The summed E-state index contributed by atoms with van der Waals surface area (Å²) in [5.74, 6) is -1.22. The van der Waals surface area contributed by atoms with Crippen molar-refractivity contribution in [1.29, 1.82) is 0 Å². The molecule has 6 nitrogen and oxygen atoms in total. The van der Waals surface area contributed by atoms with Crippen molar-refractivity contribution in [2.45, 2.75) is 6.18 Å². The van der Waals surface area contributed by atoms with E-state index in [1.807, 2.05) is 0 Å². The molecule has 1 aromatic carbocycles. The number of halogens is 3. The number of benzene rings is 1. The minimum Gasteiger partial charge on any atom is -0.383 e. The molecule has 2 aromatic rings. The highest BCUT2D eigenvalue weighted by Gasteiger charge is 2.30. The average Bonchev–Trinajstić information content (AvgIpc) is 2.61. The molecule has 0 unspecified atom stereocenters. The number of methoxy groups -OCH3 is 1. The van der Waals surface area contributed by atoms with E-state index in [1.54, 1.807) is 0 Å². The van der Waals surface area contributed by atoms with E-state index in [0.717, 1.165) is 12.1 Å². The number of nitrogens with one attached hydrogen (secondary N) is 2. The molecule has 0 bridgehead atoms. The van der Waals surface area contributed by atoms with Crippen LogP contribution in [-0.4, -0.2) is 37.1 Å². The molecule has 0 aliphatic heterocycles. The lowest BCUT2D eigenvalue weighted by Crippen LogP contribution is -2.28. The number of pyridine rings is 1. The lowest BCUT2D eigenvalue weighted by atomic mass is 10.2. The molecule has 0 saturated carbocycles. The largest absolute Gasteiger partial charge is 0.416 e. The Balaban J connectivity index is 2.11. The van der Waals surface area contributed by atoms with Crippen LogP contribution >= 0.6 is 0 Å². The Kier molecular flexibility index (Phi) is 6.29. The minimum absolute atomic E-state index is 0.0118. The maximum Gasteiger partial charge on any atom is 0.416 e. The van der Waals surface area contributed by atoms with E-state index in [0.29, 0.717) is 6.61 Å². The zero-order valence-electron chi connectivity index (χ0n) is 13.8. The molecule has 26 heavy (non-hydrogen) atoms. The number of carbonyl (C=O) groups excluding carboxylic acids is 2. The highest BCUT2D eigenvalue weighted by Crippen LogP contribution is 2.30. The number of hydrogen-bond donors (Lipinski definition) is 2. The normalized spacial score (nSPS) is 11.1. The summed E-state index contributed by atoms with van der Waals surface area (Å²) in [6.07, 6.45) is -4.51. The van der Waals surface area contributed by atoms with Crippen LogP contribution in [0.5, 0.6) is 0 Å². The van der Waals surface area contributed by atoms with E-state index >= 15 is 0 Å². The van der Waals surface area contributed by atoms with Gasteiger partial charge < -0.3 is 15.4 Å². The summed E-state index contributed by atoms with van der Waals surface area (Å²) in [6, 6.07) is 8.47. The number of anilines is 1. The van der Waals surface area contributed by atoms with Gasteiger partial charge in [0, 0.05) is 19.3 Å². The van der Waals surface area contributed by atoms with Gasteiger partial charge in [-0.3, -0.25) is 9.59 Å². The Bertz CT molecular complexity index is 794. The fraction of sp³-hybridized carbons (Fsp3) is 0.235. The van der Waals surface area contributed by atoms with Crippen LogP contribution < -0.4 is 10.6 Å². The van der Waals surface area contributed by atoms with Crippen LogP contribution in [0.2, 0.25) is 0 Å². The Hall–Kier alpha value is -2.94. The second-order valence-electron chi connectivity index (χ2n) is 5.19. The fourth-order valence-electron chi connectivity index (χ4n) is 2.01. The second kappa shape index (κ2) is 8.43. The molecule has 0 spiro atoms. The molecule has 2 amide bonds. The number of hydrogen-bond acceptors (Lipinski definition) is 4. The number of rotatable bonds is 6. The molecular formula is C17H16F3N3O3. The standard InChI is InChI=1S/C17H16F3N3O3/c1-26-9-8-21-15(24)13-6-3-7-14(23-13)16(25)22-12-5-2-4-11(10-12)17(18,19)20/h2-7,10H,8-9H2,1H3,(H,21,24)(H,22,25). The summed E-state index contributed by atoms with van der Waals surface area (Å²) in [5.41, 5.74) is -0.990. The van der Waals surface area contributed by atoms with Crippen molar-refractivity contribution in [3.05, 3.63) is 59.4 Å². The number of alkyl halides is 3. The van der Waals surface area contributed by atoms with Gasteiger partial charge in [0.05, 0.1) is 12.2 Å². The van der Waals surface area contributed by atoms with Gasteiger partial charge in [-0.15, -0.1) is 0 Å². The van der Waals surface area contributed by atoms with E-state index in [2.05, 4.69) is 15.6 Å². The zero-order valence-corrected chi connectivity index (χ0v) is 13.8. The van der Waals surface area contributed by atoms with Crippen LogP contribution in [0.4, 0.5) is 18.9 Å². The van der Waals surface area contributed by atoms with Crippen molar-refractivity contribution in [2.75, 3.05) is 25.6 Å². The highest BCUT2D eigenvalue weighted by atomic mass is 19.4. The fourth-order valence-corrected chi connectivity index (χ4v) is 2.01. The molecule has 0 aliphatic rings. The Morgan fingerprint density at radius 3 is 2.38 bits per heavy atom. The van der Waals surface area contributed by atoms with Crippen molar-refractivity contribution in [1.82, 2.24) is 10.3 Å². The minimum atomic E-state index is -4.51. The predicted octanol–water partition coefficient (Wildman–Crippen LogP) is 2.73. The molecule has 1 heterocycles. The summed E-state index contributed by atoms with van der Waals surface area (Å²) in [7, 11) is 1.49. The molecule has 138 valence electrons. The van der Waals surface area contributed by atoms with Gasteiger partial charge >= 0.3 is 6.18 Å². The zero-order chi connectivity index (χ0) is 19.2. The van der Waals surface area contributed by atoms with Crippen LogP contribution in [0.1, 0.15) is 26.5 Å². The maximum absolute atomic E-state index is 12.7. The first-order chi connectivity index (χ1) is 12.3. The molecule has 0 atom stereocenters. The number of carbonyl (C=O) groups is 2. The van der Waals surface area contributed by atoms with Crippen molar-refractivity contribution >= 4 is 17.5 Å². The highest BCUT2D eigenvalue weighted by molar-refractivity contribution is 6.03. The number of aromatic nitrogens is 1. The van der Waals surface area contributed by atoms with Gasteiger partial charge in [0.15, 0.2) is 0 Å². The van der Waals surface area contributed by atoms with Crippen LogP contribution in [0.3, 0.4) is 0 Å². The van der Waals surface area contributed by atoms with Crippen molar-refractivity contribution in [3.8, 4) is 0 Å². The third-order valence-corrected chi connectivity index (χ3v) is 3.25. The average molecular weight is 367 g/mol. The third-order valence-electron chi connectivity index (χ3n) is 3.25. The van der Waals surface area contributed by atoms with Crippen molar-refractivity contribution < 1.29 is 27.5 Å². The molecule has 0 fully saturated rings. The van der Waals surface area contributed by atoms with Crippen LogP contribution in [-0.2, 0) is 10.9 Å². The van der Waals surface area contributed by atoms with Gasteiger partial charge in [-0.2, -0.15) is 13.2 Å². The van der Waals surface area contributed by atoms with Gasteiger partial charge in [0.25, 0.3) is 11.8 Å². The lowest BCUT2D eigenvalue weighted by Gasteiger charge is -2.10. The SMILES string of the molecule is COCCNC(=O)c1cccc(C(=O)Nc2cccc(C(F)(F)F)c2)n1. The molecule has 0 radical (unpaired) electrons. The van der Waals surface area contributed by atoms with Gasteiger partial charge in [0.1, 0.15) is 11.4 Å². The summed E-state index contributed by atoms with van der Waals surface area (Å²) < 4.78 is 43.0. The second-order valence-corrected chi connectivity index (χ2v) is 5.19. The molecule has 0 saturated heterocycles. The smallest absolute Gasteiger partial charge is 0.383 e. The number of ether oxygens (including phenoxy) is 1. The number of amides is 2. The molecule has 2 N–H and O–H groups in total. The monoisotopic (exact) mass is 367 g/mol. The van der Waals surface area contributed by atoms with E-state index in [1.165, 1.54) is 37.4 Å². The number of nitrogens with zero attached hydrogens (tertiary/aromatic N) is 1. The van der Waals surface area contributed by atoms with Crippen molar-refractivity contribution in [2.24, 2.45) is 0 Å². The lowest BCUT2D eigenvalue weighted by molar-refractivity contribution is -0.137. The van der Waals surface area contributed by atoms with E-state index in [4.69, 9.17) is 4.74 Å². The van der Waals surface area contributed by atoms with Crippen molar-refractivity contribution in [3.63, 3.8) is 0 Å². The molecular weight excluding hydrogens is 351 g/mol. The van der Waals surface area contributed by atoms with Crippen LogP contribution in [0.15, 0.2) is 42.5 Å². The van der Waals surface area contributed by atoms with Gasteiger partial charge in [0.2, 0.25) is 0 Å². The Labute approximate surface area is 147 Å². The maximum atomic E-state index is 12.7. The molecule has 0 aliphatic carbocycles. The van der Waals surface area contributed by atoms with Gasteiger partial charge in [-0.05, 0) is 30.3 Å². The van der Waals surface area contributed by atoms with Crippen LogP contribution in [0.25, 0.3) is 0 Å². The van der Waals surface area contributed by atoms with E-state index < -0.39 is 23.6 Å². The first-order valence-corrected chi connectivity index (χ1v) is 7.54. The molecule has 2 rings (SSSR count). The summed E-state index contributed by atoms with van der Waals surface area (Å²) in [4.78, 5) is 28.1. The Morgan fingerprint density at radius 1 is 1.08 bits per heavy atom. The first-order valence-electron chi connectivity index (χ1n) is 7.54. The summed E-state index contributed by atoms with van der Waals surface area (Å²) in [5, 5.41) is 4.89. The quantitative estimate of drug-likeness (QED) is 0.770. The summed E-state index contributed by atoms with van der Waals surface area (Å²) >= 11 is 0. The first kappa shape index (κ1) is 19.4.